The SMILES string of the molecule is COC(=O)c1ccc(CN(Cc2cc(Br)c(-c3ccc(Cl)cc3)o2)C(C)C)cc1-c1ccccc1C. The molecule has 0 saturated carbocycles. The Balaban J connectivity index is 1.62. The van der Waals surface area contributed by atoms with Gasteiger partial charge in [-0.2, -0.15) is 0 Å². The number of furan rings is 1. The molecule has 4 nitrogen and oxygen atoms in total. The number of halogens is 2. The maximum absolute atomic E-state index is 12.5. The molecule has 0 unspecified atom stereocenters. The first-order valence-corrected chi connectivity index (χ1v) is 13.0. The summed E-state index contributed by atoms with van der Waals surface area (Å²) in [6, 6.07) is 24.0. The van der Waals surface area contributed by atoms with Crippen molar-refractivity contribution in [3.63, 3.8) is 0 Å². The minimum Gasteiger partial charge on any atom is -0.465 e. The molecule has 0 amide bonds. The number of ether oxygens (including phenoxy) is 1. The molecule has 0 fully saturated rings. The van der Waals surface area contributed by atoms with E-state index < -0.39 is 0 Å². The van der Waals surface area contributed by atoms with Crippen LogP contribution in [0.5, 0.6) is 0 Å². The lowest BCUT2D eigenvalue weighted by Crippen LogP contribution is -2.29. The van der Waals surface area contributed by atoms with Crippen LogP contribution in [0.25, 0.3) is 22.5 Å². The Hall–Kier alpha value is -2.86. The van der Waals surface area contributed by atoms with Crippen molar-refractivity contribution in [1.82, 2.24) is 4.90 Å². The van der Waals surface area contributed by atoms with Crippen LogP contribution in [0.4, 0.5) is 0 Å². The largest absolute Gasteiger partial charge is 0.465 e. The van der Waals surface area contributed by atoms with Crippen LogP contribution >= 0.6 is 27.5 Å². The predicted molar refractivity (Wildman–Crippen MR) is 149 cm³/mol. The molecule has 0 bridgehead atoms. The zero-order valence-corrected chi connectivity index (χ0v) is 23.2. The molecular formula is C30H29BrClNO3. The Morgan fingerprint density at radius 2 is 1.72 bits per heavy atom. The molecule has 1 heterocycles. The number of carbonyl (C=O) groups excluding carboxylic acids is 1. The van der Waals surface area contributed by atoms with Gasteiger partial charge in [0.2, 0.25) is 0 Å². The fraction of sp³-hybridized carbons (Fsp3) is 0.233. The van der Waals surface area contributed by atoms with E-state index in [9.17, 15) is 4.79 Å². The number of carbonyl (C=O) groups is 1. The molecular weight excluding hydrogens is 538 g/mol. The summed E-state index contributed by atoms with van der Waals surface area (Å²) in [5, 5.41) is 0.691. The highest BCUT2D eigenvalue weighted by Crippen LogP contribution is 2.34. The van der Waals surface area contributed by atoms with Crippen LogP contribution < -0.4 is 0 Å². The maximum Gasteiger partial charge on any atom is 0.338 e. The lowest BCUT2D eigenvalue weighted by Gasteiger charge is -2.26. The normalized spacial score (nSPS) is 11.3. The van der Waals surface area contributed by atoms with Crippen molar-refractivity contribution in [3.05, 3.63) is 105 Å². The van der Waals surface area contributed by atoms with E-state index in [2.05, 4.69) is 53.7 Å². The Labute approximate surface area is 226 Å². The van der Waals surface area contributed by atoms with Crippen LogP contribution in [0.2, 0.25) is 5.02 Å². The Morgan fingerprint density at radius 3 is 2.39 bits per heavy atom. The molecule has 0 aliphatic carbocycles. The fourth-order valence-corrected chi connectivity index (χ4v) is 4.91. The Morgan fingerprint density at radius 1 is 1.00 bits per heavy atom. The molecule has 0 atom stereocenters. The molecule has 36 heavy (non-hydrogen) atoms. The lowest BCUT2D eigenvalue weighted by atomic mass is 9.94. The average molecular weight is 567 g/mol. The van der Waals surface area contributed by atoms with Gasteiger partial charge in [0.1, 0.15) is 11.5 Å². The monoisotopic (exact) mass is 565 g/mol. The highest BCUT2D eigenvalue weighted by atomic mass is 79.9. The first kappa shape index (κ1) is 26.2. The number of nitrogens with zero attached hydrogens (tertiary/aromatic N) is 1. The highest BCUT2D eigenvalue weighted by Gasteiger charge is 2.19. The molecule has 0 aliphatic rings. The third kappa shape index (κ3) is 5.92. The van der Waals surface area contributed by atoms with Gasteiger partial charge < -0.3 is 9.15 Å². The zero-order valence-electron chi connectivity index (χ0n) is 20.8. The summed E-state index contributed by atoms with van der Waals surface area (Å²) in [6.45, 7) is 7.73. The van der Waals surface area contributed by atoms with Gasteiger partial charge in [0, 0.05) is 23.2 Å². The van der Waals surface area contributed by atoms with Crippen LogP contribution in [0.1, 0.15) is 41.1 Å². The molecule has 6 heteroatoms. The third-order valence-corrected chi connectivity index (χ3v) is 7.08. The summed E-state index contributed by atoms with van der Waals surface area (Å²) in [4.78, 5) is 14.9. The van der Waals surface area contributed by atoms with E-state index >= 15 is 0 Å². The van der Waals surface area contributed by atoms with Gasteiger partial charge in [0.25, 0.3) is 0 Å². The van der Waals surface area contributed by atoms with E-state index in [4.69, 9.17) is 20.8 Å². The standard InChI is InChI=1S/C30H29BrClNO3/c1-19(2)33(18-24-16-28(31)29(36-24)22-10-12-23(32)13-11-22)17-21-9-14-26(30(34)35-4)27(15-21)25-8-6-5-7-20(25)3/h5-16,19H,17-18H2,1-4H3. The average Bonchev–Trinajstić information content (AvgIpc) is 3.23. The minimum absolute atomic E-state index is 0.273. The second-order valence-electron chi connectivity index (χ2n) is 9.08. The first-order valence-electron chi connectivity index (χ1n) is 11.8. The summed E-state index contributed by atoms with van der Waals surface area (Å²) in [5.41, 5.74) is 5.66. The molecule has 0 aliphatic heterocycles. The van der Waals surface area contributed by atoms with Gasteiger partial charge in [0.15, 0.2) is 0 Å². The van der Waals surface area contributed by atoms with Crippen LogP contribution in [-0.4, -0.2) is 24.0 Å². The van der Waals surface area contributed by atoms with E-state index in [0.717, 1.165) is 43.8 Å². The van der Waals surface area contributed by atoms with Gasteiger partial charge in [-0.3, -0.25) is 4.90 Å². The number of rotatable bonds is 8. The van der Waals surface area contributed by atoms with E-state index in [-0.39, 0.29) is 12.0 Å². The van der Waals surface area contributed by atoms with Crippen molar-refractivity contribution >= 4 is 33.5 Å². The molecule has 3 aromatic carbocycles. The van der Waals surface area contributed by atoms with Crippen LogP contribution in [0.15, 0.2) is 81.7 Å². The highest BCUT2D eigenvalue weighted by molar-refractivity contribution is 9.10. The van der Waals surface area contributed by atoms with Gasteiger partial charge in [-0.05, 0) is 101 Å². The van der Waals surface area contributed by atoms with E-state index in [1.54, 1.807) is 0 Å². The van der Waals surface area contributed by atoms with Gasteiger partial charge in [-0.25, -0.2) is 4.79 Å². The van der Waals surface area contributed by atoms with Crippen molar-refractivity contribution in [2.45, 2.75) is 39.9 Å². The zero-order chi connectivity index (χ0) is 25.8. The number of hydrogen-bond acceptors (Lipinski definition) is 4. The second kappa shape index (κ2) is 11.5. The minimum atomic E-state index is -0.337. The summed E-state index contributed by atoms with van der Waals surface area (Å²) >= 11 is 9.69. The number of esters is 1. The molecule has 0 saturated heterocycles. The fourth-order valence-electron chi connectivity index (χ4n) is 4.22. The van der Waals surface area contributed by atoms with Crippen LogP contribution in [0, 0.1) is 6.92 Å². The van der Waals surface area contributed by atoms with Gasteiger partial charge in [0.05, 0.1) is 23.7 Å². The second-order valence-corrected chi connectivity index (χ2v) is 10.4. The van der Waals surface area contributed by atoms with Crippen LogP contribution in [-0.2, 0) is 17.8 Å². The van der Waals surface area contributed by atoms with Crippen LogP contribution in [0.3, 0.4) is 0 Å². The smallest absolute Gasteiger partial charge is 0.338 e. The van der Waals surface area contributed by atoms with Gasteiger partial charge >= 0.3 is 5.97 Å². The number of methoxy groups -OCH3 is 1. The molecule has 0 spiro atoms. The quantitative estimate of drug-likeness (QED) is 0.200. The van der Waals surface area contributed by atoms with Crippen molar-refractivity contribution in [3.8, 4) is 22.5 Å². The number of benzene rings is 3. The summed E-state index contributed by atoms with van der Waals surface area (Å²) in [5.74, 6) is 1.32. The lowest BCUT2D eigenvalue weighted by molar-refractivity contribution is 0.0601. The maximum atomic E-state index is 12.5. The molecule has 0 N–H and O–H groups in total. The van der Waals surface area contributed by atoms with E-state index in [0.29, 0.717) is 23.7 Å². The van der Waals surface area contributed by atoms with Crippen molar-refractivity contribution in [1.29, 1.82) is 0 Å². The Bertz CT molecular complexity index is 1360. The topological polar surface area (TPSA) is 42.7 Å². The van der Waals surface area contributed by atoms with Crippen molar-refractivity contribution in [2.75, 3.05) is 7.11 Å². The molecule has 0 radical (unpaired) electrons. The third-order valence-electron chi connectivity index (χ3n) is 6.24. The summed E-state index contributed by atoms with van der Waals surface area (Å²) in [6.07, 6.45) is 0. The van der Waals surface area contributed by atoms with E-state index in [1.807, 2.05) is 60.7 Å². The van der Waals surface area contributed by atoms with Gasteiger partial charge in [-0.15, -0.1) is 0 Å². The summed E-state index contributed by atoms with van der Waals surface area (Å²) < 4.78 is 12.2. The predicted octanol–water partition coefficient (Wildman–Crippen LogP) is 8.54. The van der Waals surface area contributed by atoms with Crippen molar-refractivity contribution < 1.29 is 13.9 Å². The van der Waals surface area contributed by atoms with Crippen molar-refractivity contribution in [2.24, 2.45) is 0 Å². The Kier molecular flexibility index (Phi) is 8.35. The molecule has 4 rings (SSSR count). The number of aryl methyl sites for hydroxylation is 1. The molecule has 4 aromatic rings. The first-order chi connectivity index (χ1) is 17.3. The van der Waals surface area contributed by atoms with Gasteiger partial charge in [-0.1, -0.05) is 41.9 Å². The van der Waals surface area contributed by atoms with E-state index in [1.165, 1.54) is 7.11 Å². The number of hydrogen-bond donors (Lipinski definition) is 0. The molecule has 186 valence electrons. The molecule has 1 aromatic heterocycles. The summed E-state index contributed by atoms with van der Waals surface area (Å²) in [7, 11) is 1.41.